The molecule has 0 bridgehead atoms. The monoisotopic (exact) mass is 226 g/mol. The van der Waals surface area contributed by atoms with Gasteiger partial charge in [-0.1, -0.05) is 12.1 Å². The van der Waals surface area contributed by atoms with Crippen LogP contribution in [0.1, 0.15) is 12.0 Å². The average molecular weight is 227 g/mol. The lowest BCUT2D eigenvalue weighted by molar-refractivity contribution is -0.111. The molecule has 0 aliphatic heterocycles. The van der Waals surface area contributed by atoms with Crippen LogP contribution in [0.2, 0.25) is 0 Å². The van der Waals surface area contributed by atoms with Gasteiger partial charge in [0.2, 0.25) is 0 Å². The molecule has 0 heterocycles. The van der Waals surface area contributed by atoms with Crippen LogP contribution in [0.4, 0.5) is 0 Å². The first kappa shape index (κ1) is 12.1. The highest BCUT2D eigenvalue weighted by atomic mass is 35.5. The molecule has 1 rings (SSSR count). The molecule has 0 saturated carbocycles. The third kappa shape index (κ3) is 3.92. The molecule has 1 aromatic rings. The van der Waals surface area contributed by atoms with Crippen molar-refractivity contribution in [2.75, 3.05) is 13.0 Å². The third-order valence-electron chi connectivity index (χ3n) is 2.33. The number of rotatable bonds is 6. The van der Waals surface area contributed by atoms with Crippen LogP contribution < -0.4 is 4.74 Å². The molecule has 0 amide bonds. The SMILES string of the molecule is COc1ccc(CC(C=O)CCCl)cc1. The zero-order valence-corrected chi connectivity index (χ0v) is 9.54. The Labute approximate surface area is 95.2 Å². The zero-order chi connectivity index (χ0) is 11.1. The van der Waals surface area contributed by atoms with Crippen LogP contribution in [0.15, 0.2) is 24.3 Å². The number of benzene rings is 1. The molecule has 0 aromatic heterocycles. The van der Waals surface area contributed by atoms with Gasteiger partial charge in [-0.2, -0.15) is 0 Å². The second-order valence-electron chi connectivity index (χ2n) is 3.43. The Hall–Kier alpha value is -1.02. The molecule has 0 aliphatic rings. The predicted molar refractivity (Wildman–Crippen MR) is 61.6 cm³/mol. The lowest BCUT2D eigenvalue weighted by Gasteiger charge is -2.08. The molecule has 0 N–H and O–H groups in total. The van der Waals surface area contributed by atoms with Crippen LogP contribution in [0.3, 0.4) is 0 Å². The fourth-order valence-corrected chi connectivity index (χ4v) is 1.70. The average Bonchev–Trinajstić information content (AvgIpc) is 2.29. The van der Waals surface area contributed by atoms with Gasteiger partial charge < -0.3 is 9.53 Å². The Morgan fingerprint density at radius 3 is 2.53 bits per heavy atom. The normalized spacial score (nSPS) is 12.1. The van der Waals surface area contributed by atoms with Crippen molar-refractivity contribution in [1.82, 2.24) is 0 Å². The maximum absolute atomic E-state index is 10.7. The van der Waals surface area contributed by atoms with Gasteiger partial charge in [-0.25, -0.2) is 0 Å². The number of hydrogen-bond acceptors (Lipinski definition) is 2. The molecule has 0 saturated heterocycles. The molecular formula is C12H15ClO2. The molecule has 2 nitrogen and oxygen atoms in total. The van der Waals surface area contributed by atoms with E-state index >= 15 is 0 Å². The Bertz CT molecular complexity index is 295. The van der Waals surface area contributed by atoms with E-state index in [-0.39, 0.29) is 5.92 Å². The molecule has 0 aliphatic carbocycles. The summed E-state index contributed by atoms with van der Waals surface area (Å²) in [5.41, 5.74) is 1.14. The molecule has 3 heteroatoms. The van der Waals surface area contributed by atoms with Crippen LogP contribution in [-0.4, -0.2) is 19.3 Å². The summed E-state index contributed by atoms with van der Waals surface area (Å²) < 4.78 is 5.06. The lowest BCUT2D eigenvalue weighted by atomic mass is 9.98. The van der Waals surface area contributed by atoms with Gasteiger partial charge in [0.1, 0.15) is 12.0 Å². The van der Waals surface area contributed by atoms with Crippen LogP contribution in [0.25, 0.3) is 0 Å². The predicted octanol–water partition coefficient (Wildman–Crippen LogP) is 2.68. The molecular weight excluding hydrogens is 212 g/mol. The molecule has 0 spiro atoms. The second-order valence-corrected chi connectivity index (χ2v) is 3.80. The summed E-state index contributed by atoms with van der Waals surface area (Å²) in [6.07, 6.45) is 2.46. The summed E-state index contributed by atoms with van der Waals surface area (Å²) in [5.74, 6) is 1.38. The van der Waals surface area contributed by atoms with E-state index in [0.717, 1.165) is 30.4 Å². The third-order valence-corrected chi connectivity index (χ3v) is 2.55. The molecule has 0 radical (unpaired) electrons. The van der Waals surface area contributed by atoms with Gasteiger partial charge in [-0.05, 0) is 30.5 Å². The van der Waals surface area contributed by atoms with E-state index in [4.69, 9.17) is 16.3 Å². The summed E-state index contributed by atoms with van der Waals surface area (Å²) in [7, 11) is 1.64. The van der Waals surface area contributed by atoms with Gasteiger partial charge in [0.25, 0.3) is 0 Å². The van der Waals surface area contributed by atoms with Crippen molar-refractivity contribution in [3.63, 3.8) is 0 Å². The Morgan fingerprint density at radius 1 is 1.40 bits per heavy atom. The first-order chi connectivity index (χ1) is 7.30. The van der Waals surface area contributed by atoms with Crippen molar-refractivity contribution in [2.45, 2.75) is 12.8 Å². The Morgan fingerprint density at radius 2 is 2.07 bits per heavy atom. The van der Waals surface area contributed by atoms with Crippen molar-refractivity contribution < 1.29 is 9.53 Å². The minimum Gasteiger partial charge on any atom is -0.497 e. The summed E-state index contributed by atoms with van der Waals surface area (Å²) in [4.78, 5) is 10.7. The molecule has 1 aromatic carbocycles. The van der Waals surface area contributed by atoms with E-state index in [2.05, 4.69) is 0 Å². The summed E-state index contributed by atoms with van der Waals surface area (Å²) >= 11 is 5.61. The summed E-state index contributed by atoms with van der Waals surface area (Å²) in [6, 6.07) is 7.75. The largest absolute Gasteiger partial charge is 0.497 e. The minimum absolute atomic E-state index is 0.0240. The van der Waals surface area contributed by atoms with Gasteiger partial charge in [0.05, 0.1) is 7.11 Å². The first-order valence-electron chi connectivity index (χ1n) is 4.94. The van der Waals surface area contributed by atoms with Crippen LogP contribution in [0.5, 0.6) is 5.75 Å². The number of alkyl halides is 1. The first-order valence-corrected chi connectivity index (χ1v) is 5.47. The number of carbonyl (C=O) groups is 1. The van der Waals surface area contributed by atoms with Crippen molar-refractivity contribution >= 4 is 17.9 Å². The van der Waals surface area contributed by atoms with E-state index < -0.39 is 0 Å². The number of hydrogen-bond donors (Lipinski definition) is 0. The van der Waals surface area contributed by atoms with Crippen molar-refractivity contribution in [3.8, 4) is 5.75 Å². The number of ether oxygens (including phenoxy) is 1. The summed E-state index contributed by atoms with van der Waals surface area (Å²) in [6.45, 7) is 0. The number of halogens is 1. The van der Waals surface area contributed by atoms with Gasteiger partial charge in [0.15, 0.2) is 0 Å². The van der Waals surface area contributed by atoms with E-state index in [1.807, 2.05) is 24.3 Å². The van der Waals surface area contributed by atoms with E-state index in [9.17, 15) is 4.79 Å². The number of methoxy groups -OCH3 is 1. The van der Waals surface area contributed by atoms with Crippen LogP contribution in [0, 0.1) is 5.92 Å². The molecule has 1 unspecified atom stereocenters. The fourth-order valence-electron chi connectivity index (χ4n) is 1.42. The highest BCUT2D eigenvalue weighted by molar-refractivity contribution is 6.17. The summed E-state index contributed by atoms with van der Waals surface area (Å²) in [5, 5.41) is 0. The second kappa shape index (κ2) is 6.46. The van der Waals surface area contributed by atoms with Crippen LogP contribution in [-0.2, 0) is 11.2 Å². The maximum Gasteiger partial charge on any atom is 0.123 e. The topological polar surface area (TPSA) is 26.3 Å². The van der Waals surface area contributed by atoms with E-state index in [1.54, 1.807) is 7.11 Å². The highest BCUT2D eigenvalue weighted by Gasteiger charge is 2.07. The van der Waals surface area contributed by atoms with Crippen molar-refractivity contribution in [2.24, 2.45) is 5.92 Å². The van der Waals surface area contributed by atoms with E-state index in [1.165, 1.54) is 0 Å². The Balaban J connectivity index is 2.58. The minimum atomic E-state index is 0.0240. The van der Waals surface area contributed by atoms with Gasteiger partial charge in [-0.15, -0.1) is 11.6 Å². The standard InChI is InChI=1S/C12H15ClO2/c1-15-12-4-2-10(3-5-12)8-11(9-14)6-7-13/h2-5,9,11H,6-8H2,1H3. The maximum atomic E-state index is 10.7. The molecule has 0 fully saturated rings. The van der Waals surface area contributed by atoms with Crippen molar-refractivity contribution in [1.29, 1.82) is 0 Å². The molecule has 82 valence electrons. The Kier molecular flexibility index (Phi) is 5.19. The van der Waals surface area contributed by atoms with Gasteiger partial charge >= 0.3 is 0 Å². The van der Waals surface area contributed by atoms with Crippen LogP contribution >= 0.6 is 11.6 Å². The lowest BCUT2D eigenvalue weighted by Crippen LogP contribution is -2.06. The highest BCUT2D eigenvalue weighted by Crippen LogP contribution is 2.15. The number of aldehydes is 1. The quantitative estimate of drug-likeness (QED) is 0.551. The van der Waals surface area contributed by atoms with Crippen molar-refractivity contribution in [3.05, 3.63) is 29.8 Å². The van der Waals surface area contributed by atoms with E-state index in [0.29, 0.717) is 5.88 Å². The van der Waals surface area contributed by atoms with Gasteiger partial charge in [-0.3, -0.25) is 0 Å². The number of carbonyl (C=O) groups excluding carboxylic acids is 1. The zero-order valence-electron chi connectivity index (χ0n) is 8.78. The molecule has 1 atom stereocenters. The van der Waals surface area contributed by atoms with Gasteiger partial charge in [0, 0.05) is 11.8 Å². The smallest absolute Gasteiger partial charge is 0.123 e. The molecule has 15 heavy (non-hydrogen) atoms. The fraction of sp³-hybridized carbons (Fsp3) is 0.417.